The minimum absolute atomic E-state index is 0.0606. The van der Waals surface area contributed by atoms with Crippen LogP contribution in [0.25, 0.3) is 0 Å². The Labute approximate surface area is 209 Å². The van der Waals surface area contributed by atoms with E-state index in [0.29, 0.717) is 28.8 Å². The van der Waals surface area contributed by atoms with E-state index in [-0.39, 0.29) is 29.9 Å². The molecule has 0 bridgehead atoms. The summed E-state index contributed by atoms with van der Waals surface area (Å²) in [6.45, 7) is 4.68. The molecule has 5 nitrogen and oxygen atoms in total. The van der Waals surface area contributed by atoms with Crippen LogP contribution in [0.3, 0.4) is 0 Å². The van der Waals surface area contributed by atoms with E-state index in [1.165, 1.54) is 0 Å². The Balaban J connectivity index is 1.44. The Bertz CT molecular complexity index is 1030. The second-order valence-corrected chi connectivity index (χ2v) is 10.1. The van der Waals surface area contributed by atoms with Gasteiger partial charge in [-0.2, -0.15) is 4.39 Å². The molecule has 2 aliphatic heterocycles. The van der Waals surface area contributed by atoms with Gasteiger partial charge in [0.1, 0.15) is 6.61 Å². The monoisotopic (exact) mass is 509 g/mol. The van der Waals surface area contributed by atoms with E-state index in [4.69, 9.17) is 37.8 Å². The molecule has 2 aromatic carbocycles. The summed E-state index contributed by atoms with van der Waals surface area (Å²) in [5, 5.41) is 9.95. The first kappa shape index (κ1) is 25.1. The first-order chi connectivity index (χ1) is 16.3. The summed E-state index contributed by atoms with van der Waals surface area (Å²) in [6.07, 6.45) is 4.79. The molecule has 4 rings (SSSR count). The van der Waals surface area contributed by atoms with Gasteiger partial charge in [0, 0.05) is 33.1 Å². The first-order valence-corrected chi connectivity index (χ1v) is 12.6. The highest BCUT2D eigenvalue weighted by atomic mass is 35.5. The molecule has 0 unspecified atom stereocenters. The van der Waals surface area contributed by atoms with Crippen LogP contribution in [0.5, 0.6) is 11.5 Å². The zero-order chi connectivity index (χ0) is 24.3. The maximum absolute atomic E-state index is 15.3. The second kappa shape index (κ2) is 10.7. The molecule has 1 saturated heterocycles. The van der Waals surface area contributed by atoms with Crippen molar-refractivity contribution in [1.29, 1.82) is 0 Å². The zero-order valence-corrected chi connectivity index (χ0v) is 20.9. The lowest BCUT2D eigenvalue weighted by Gasteiger charge is -2.38. The van der Waals surface area contributed by atoms with Gasteiger partial charge in [-0.05, 0) is 62.5 Å². The third kappa shape index (κ3) is 5.29. The standard InChI is InChI=1S/C26H30Cl2FNO4/c1-2-3-4-17-13-20(27)18(21(28)14-17)15-33-22-6-5-19-25(24(22)29)34-16-26(19)8-11-30(12-9-26)10-7-23(31)32/h5-6,13-14H,2-4,7-12,15-16H2,1H3,(H,31,32). The van der Waals surface area contributed by atoms with Crippen LogP contribution in [0.15, 0.2) is 24.3 Å². The van der Waals surface area contributed by atoms with Crippen LogP contribution in [0.1, 0.15) is 55.7 Å². The molecule has 2 heterocycles. The number of carboxylic acids is 1. The topological polar surface area (TPSA) is 59.0 Å². The number of unbranched alkanes of at least 4 members (excludes halogenated alkanes) is 1. The van der Waals surface area contributed by atoms with Crippen LogP contribution in [0.4, 0.5) is 4.39 Å². The number of nitrogens with zero attached hydrogens (tertiary/aromatic N) is 1. The number of carbonyl (C=O) groups is 1. The Morgan fingerprint density at radius 2 is 1.94 bits per heavy atom. The third-order valence-corrected chi connectivity index (χ3v) is 7.65. The summed E-state index contributed by atoms with van der Waals surface area (Å²) < 4.78 is 26.9. The predicted molar refractivity (Wildman–Crippen MR) is 131 cm³/mol. The average molecular weight is 510 g/mol. The smallest absolute Gasteiger partial charge is 0.304 e. The van der Waals surface area contributed by atoms with E-state index in [1.807, 2.05) is 18.2 Å². The van der Waals surface area contributed by atoms with Crippen LogP contribution in [-0.2, 0) is 23.2 Å². The number of rotatable bonds is 9. The molecular weight excluding hydrogens is 480 g/mol. The number of halogens is 3. The van der Waals surface area contributed by atoms with Crippen molar-refractivity contribution in [3.05, 3.63) is 56.8 Å². The van der Waals surface area contributed by atoms with Gasteiger partial charge >= 0.3 is 5.97 Å². The van der Waals surface area contributed by atoms with Gasteiger partial charge in [0.15, 0.2) is 11.5 Å². The number of benzene rings is 2. The summed E-state index contributed by atoms with van der Waals surface area (Å²) >= 11 is 12.9. The molecule has 2 aromatic rings. The van der Waals surface area contributed by atoms with Crippen molar-refractivity contribution in [3.8, 4) is 11.5 Å². The SMILES string of the molecule is CCCCc1cc(Cl)c(COc2ccc3c(c2F)OCC32CCN(CCC(=O)O)CC2)c(Cl)c1. The molecule has 0 atom stereocenters. The highest BCUT2D eigenvalue weighted by Gasteiger charge is 2.44. The number of hydrogen-bond acceptors (Lipinski definition) is 4. The largest absolute Gasteiger partial charge is 0.489 e. The number of ether oxygens (including phenoxy) is 2. The summed E-state index contributed by atoms with van der Waals surface area (Å²) in [5.41, 5.74) is 2.34. The summed E-state index contributed by atoms with van der Waals surface area (Å²) in [7, 11) is 0. The van der Waals surface area contributed by atoms with Crippen molar-refractivity contribution >= 4 is 29.2 Å². The number of piperidine rings is 1. The maximum Gasteiger partial charge on any atom is 0.304 e. The van der Waals surface area contributed by atoms with Crippen molar-refractivity contribution < 1.29 is 23.8 Å². The van der Waals surface area contributed by atoms with Crippen molar-refractivity contribution in [3.63, 3.8) is 0 Å². The van der Waals surface area contributed by atoms with E-state index in [0.717, 1.165) is 56.3 Å². The van der Waals surface area contributed by atoms with E-state index in [9.17, 15) is 4.79 Å². The Hall–Kier alpha value is -2.02. The highest BCUT2D eigenvalue weighted by Crippen LogP contribution is 2.48. The fourth-order valence-corrected chi connectivity index (χ4v) is 5.48. The molecular formula is C26H30Cl2FNO4. The molecule has 34 heavy (non-hydrogen) atoms. The zero-order valence-electron chi connectivity index (χ0n) is 19.3. The number of likely N-dealkylation sites (tertiary alicyclic amines) is 1. The van der Waals surface area contributed by atoms with Crippen molar-refractivity contribution in [2.24, 2.45) is 0 Å². The maximum atomic E-state index is 15.3. The fraction of sp³-hybridized carbons (Fsp3) is 0.500. The average Bonchev–Trinajstić information content (AvgIpc) is 3.16. The summed E-state index contributed by atoms with van der Waals surface area (Å²) in [6, 6.07) is 7.34. The van der Waals surface area contributed by atoms with Gasteiger partial charge < -0.3 is 19.5 Å². The molecule has 0 aliphatic carbocycles. The van der Waals surface area contributed by atoms with E-state index < -0.39 is 11.8 Å². The Morgan fingerprint density at radius 3 is 2.59 bits per heavy atom. The van der Waals surface area contributed by atoms with Crippen LogP contribution in [0, 0.1) is 5.82 Å². The van der Waals surface area contributed by atoms with Crippen LogP contribution in [-0.4, -0.2) is 42.2 Å². The van der Waals surface area contributed by atoms with Gasteiger partial charge in [-0.25, -0.2) is 0 Å². The lowest BCUT2D eigenvalue weighted by Crippen LogP contribution is -2.44. The molecule has 0 saturated carbocycles. The van der Waals surface area contributed by atoms with Gasteiger partial charge in [-0.3, -0.25) is 4.79 Å². The summed E-state index contributed by atoms with van der Waals surface area (Å²) in [5.74, 6) is -0.936. The molecule has 0 radical (unpaired) electrons. The quantitative estimate of drug-likeness (QED) is 0.432. The Morgan fingerprint density at radius 1 is 1.24 bits per heavy atom. The fourth-order valence-electron chi connectivity index (χ4n) is 4.84. The number of fused-ring (bicyclic) bond motifs is 2. The highest BCUT2D eigenvalue weighted by molar-refractivity contribution is 6.36. The van der Waals surface area contributed by atoms with E-state index >= 15 is 4.39 Å². The van der Waals surface area contributed by atoms with E-state index in [1.54, 1.807) is 6.07 Å². The van der Waals surface area contributed by atoms with Crippen molar-refractivity contribution in [2.75, 3.05) is 26.2 Å². The van der Waals surface area contributed by atoms with Gasteiger partial charge in [0.25, 0.3) is 0 Å². The van der Waals surface area contributed by atoms with Crippen LogP contribution in [0.2, 0.25) is 10.0 Å². The number of hydrogen-bond donors (Lipinski definition) is 1. The summed E-state index contributed by atoms with van der Waals surface area (Å²) in [4.78, 5) is 13.0. The predicted octanol–water partition coefficient (Wildman–Crippen LogP) is 6.25. The Kier molecular flexibility index (Phi) is 7.90. The second-order valence-electron chi connectivity index (χ2n) is 9.24. The molecule has 0 aromatic heterocycles. The number of carboxylic acid groups (broad SMARTS) is 1. The van der Waals surface area contributed by atoms with Crippen LogP contribution < -0.4 is 9.47 Å². The molecule has 0 amide bonds. The molecule has 2 aliphatic rings. The lowest BCUT2D eigenvalue weighted by atomic mass is 9.74. The van der Waals surface area contributed by atoms with Gasteiger partial charge in [0.05, 0.1) is 13.0 Å². The minimum atomic E-state index is -0.792. The van der Waals surface area contributed by atoms with Gasteiger partial charge in [0.2, 0.25) is 5.82 Å². The molecule has 1 spiro atoms. The number of aliphatic carboxylic acids is 1. The van der Waals surface area contributed by atoms with E-state index in [2.05, 4.69) is 11.8 Å². The molecule has 184 valence electrons. The normalized spacial score (nSPS) is 16.9. The molecule has 8 heteroatoms. The van der Waals surface area contributed by atoms with Crippen molar-refractivity contribution in [2.45, 2.75) is 57.5 Å². The molecule has 1 fully saturated rings. The van der Waals surface area contributed by atoms with Gasteiger partial charge in [-0.1, -0.05) is 42.6 Å². The lowest BCUT2D eigenvalue weighted by molar-refractivity contribution is -0.137. The first-order valence-electron chi connectivity index (χ1n) is 11.8. The van der Waals surface area contributed by atoms with Gasteiger partial charge in [-0.15, -0.1) is 0 Å². The third-order valence-electron chi connectivity index (χ3n) is 6.97. The molecule has 1 N–H and O–H groups in total. The number of aryl methyl sites for hydroxylation is 1. The van der Waals surface area contributed by atoms with Crippen molar-refractivity contribution in [1.82, 2.24) is 4.90 Å². The minimum Gasteiger partial charge on any atom is -0.489 e. The van der Waals surface area contributed by atoms with Crippen LogP contribution >= 0.6 is 23.2 Å².